The Bertz CT molecular complexity index is 989. The minimum atomic E-state index is -0.223. The number of halogens is 1. The lowest BCUT2D eigenvalue weighted by molar-refractivity contribution is -0.116. The predicted molar refractivity (Wildman–Crippen MR) is 111 cm³/mol. The maximum absolute atomic E-state index is 12.3. The van der Waals surface area contributed by atoms with Gasteiger partial charge in [0, 0.05) is 18.4 Å². The average Bonchev–Trinajstić information content (AvgIpc) is 3.10. The maximum Gasteiger partial charge on any atom is 0.224 e. The van der Waals surface area contributed by atoms with Crippen LogP contribution in [0.5, 0.6) is 5.75 Å². The summed E-state index contributed by atoms with van der Waals surface area (Å²) in [6.07, 6.45) is 2.13. The molecule has 2 N–H and O–H groups in total. The summed E-state index contributed by atoms with van der Waals surface area (Å²) in [6.45, 7) is 6.22. The van der Waals surface area contributed by atoms with E-state index in [4.69, 9.17) is 16.0 Å². The van der Waals surface area contributed by atoms with Gasteiger partial charge in [0.05, 0.1) is 16.9 Å². The van der Waals surface area contributed by atoms with E-state index in [0.29, 0.717) is 28.8 Å². The summed E-state index contributed by atoms with van der Waals surface area (Å²) in [4.78, 5) is 16.5. The van der Waals surface area contributed by atoms with Gasteiger partial charge < -0.3 is 14.8 Å². The number of nitrogens with one attached hydrogen (secondary N) is 1. The maximum atomic E-state index is 12.3. The van der Waals surface area contributed by atoms with E-state index in [1.54, 1.807) is 24.4 Å². The molecule has 3 rings (SSSR count). The van der Waals surface area contributed by atoms with Crippen molar-refractivity contribution in [3.05, 3.63) is 65.1 Å². The number of oxazole rings is 1. The van der Waals surface area contributed by atoms with Gasteiger partial charge in [-0.05, 0) is 35.2 Å². The second-order valence-electron chi connectivity index (χ2n) is 7.63. The molecule has 28 heavy (non-hydrogen) atoms. The number of aromatic nitrogens is 1. The number of rotatable bonds is 5. The van der Waals surface area contributed by atoms with Crippen molar-refractivity contribution in [1.29, 1.82) is 0 Å². The molecule has 0 aliphatic rings. The lowest BCUT2D eigenvalue weighted by Gasteiger charge is -2.20. The molecular formula is C22H23ClN2O3. The SMILES string of the molecule is CC(C)(C)c1ccc(O)c(NC(=O)CCc2ncc(-c3ccccc3Cl)o2)c1. The third kappa shape index (κ3) is 4.73. The number of phenols is 1. The minimum Gasteiger partial charge on any atom is -0.506 e. The minimum absolute atomic E-state index is 0.0403. The summed E-state index contributed by atoms with van der Waals surface area (Å²) in [6, 6.07) is 12.6. The number of carbonyl (C=O) groups excluding carboxylic acids is 1. The quantitative estimate of drug-likeness (QED) is 0.551. The Kier molecular flexibility index (Phi) is 5.75. The molecule has 0 saturated carbocycles. The Morgan fingerprint density at radius 1 is 1.21 bits per heavy atom. The molecule has 0 unspecified atom stereocenters. The van der Waals surface area contributed by atoms with Crippen molar-refractivity contribution < 1.29 is 14.3 Å². The highest BCUT2D eigenvalue weighted by Crippen LogP contribution is 2.31. The standard InChI is InChI=1S/C22H23ClN2O3/c1-22(2,3)14-8-9-18(26)17(12-14)25-20(27)10-11-21-24-13-19(28-21)15-6-4-5-7-16(15)23/h4-9,12-13,26H,10-11H2,1-3H3,(H,25,27). The smallest absolute Gasteiger partial charge is 0.224 e. The van der Waals surface area contributed by atoms with Crippen molar-refractivity contribution in [2.24, 2.45) is 0 Å². The Morgan fingerprint density at radius 3 is 2.68 bits per heavy atom. The van der Waals surface area contributed by atoms with Crippen molar-refractivity contribution in [3.8, 4) is 17.1 Å². The number of phenolic OH excluding ortho intramolecular Hbond substituents is 1. The summed E-state index contributed by atoms with van der Waals surface area (Å²) < 4.78 is 5.71. The molecule has 1 heterocycles. The van der Waals surface area contributed by atoms with Gasteiger partial charge in [0.1, 0.15) is 5.75 Å². The molecule has 0 atom stereocenters. The topological polar surface area (TPSA) is 75.4 Å². The van der Waals surface area contributed by atoms with E-state index in [-0.39, 0.29) is 23.5 Å². The van der Waals surface area contributed by atoms with E-state index in [1.165, 1.54) is 0 Å². The van der Waals surface area contributed by atoms with Crippen LogP contribution in [0.2, 0.25) is 5.02 Å². The lowest BCUT2D eigenvalue weighted by atomic mass is 9.87. The number of aromatic hydroxyl groups is 1. The second-order valence-corrected chi connectivity index (χ2v) is 8.04. The van der Waals surface area contributed by atoms with E-state index in [1.807, 2.05) is 24.3 Å². The number of amides is 1. The van der Waals surface area contributed by atoms with Crippen LogP contribution >= 0.6 is 11.6 Å². The van der Waals surface area contributed by atoms with Crippen LogP contribution < -0.4 is 5.32 Å². The lowest BCUT2D eigenvalue weighted by Crippen LogP contribution is -2.15. The molecule has 0 spiro atoms. The van der Waals surface area contributed by atoms with Crippen LogP contribution in [0.3, 0.4) is 0 Å². The molecule has 1 amide bonds. The largest absolute Gasteiger partial charge is 0.506 e. The van der Waals surface area contributed by atoms with E-state index in [2.05, 4.69) is 31.1 Å². The highest BCUT2D eigenvalue weighted by molar-refractivity contribution is 6.33. The monoisotopic (exact) mass is 398 g/mol. The van der Waals surface area contributed by atoms with Crippen LogP contribution in [0.4, 0.5) is 5.69 Å². The van der Waals surface area contributed by atoms with Crippen molar-refractivity contribution >= 4 is 23.2 Å². The molecule has 0 bridgehead atoms. The molecule has 0 aliphatic carbocycles. The average molecular weight is 399 g/mol. The highest BCUT2D eigenvalue weighted by atomic mass is 35.5. The van der Waals surface area contributed by atoms with Crippen LogP contribution in [-0.2, 0) is 16.6 Å². The molecule has 2 aromatic carbocycles. The van der Waals surface area contributed by atoms with Crippen LogP contribution in [0.25, 0.3) is 11.3 Å². The molecule has 5 nitrogen and oxygen atoms in total. The van der Waals surface area contributed by atoms with Crippen molar-refractivity contribution in [2.45, 2.75) is 39.0 Å². The van der Waals surface area contributed by atoms with Gasteiger partial charge in [-0.1, -0.05) is 50.6 Å². The molecule has 0 fully saturated rings. The summed E-state index contributed by atoms with van der Waals surface area (Å²) in [5.74, 6) is 0.839. The highest BCUT2D eigenvalue weighted by Gasteiger charge is 2.17. The van der Waals surface area contributed by atoms with Gasteiger partial charge in [-0.15, -0.1) is 0 Å². The summed E-state index contributed by atoms with van der Waals surface area (Å²) in [7, 11) is 0. The van der Waals surface area contributed by atoms with E-state index in [0.717, 1.165) is 11.1 Å². The van der Waals surface area contributed by atoms with E-state index in [9.17, 15) is 9.90 Å². The van der Waals surface area contributed by atoms with Gasteiger partial charge in [-0.3, -0.25) is 4.79 Å². The Hall–Kier alpha value is -2.79. The van der Waals surface area contributed by atoms with E-state index >= 15 is 0 Å². The van der Waals surface area contributed by atoms with Gasteiger partial charge in [0.15, 0.2) is 11.7 Å². The normalized spacial score (nSPS) is 11.4. The molecule has 0 saturated heterocycles. The Labute approximate surface area is 169 Å². The van der Waals surface area contributed by atoms with Gasteiger partial charge in [-0.2, -0.15) is 0 Å². The summed E-state index contributed by atoms with van der Waals surface area (Å²) >= 11 is 6.17. The van der Waals surface area contributed by atoms with Gasteiger partial charge >= 0.3 is 0 Å². The molecule has 0 radical (unpaired) electrons. The van der Waals surface area contributed by atoms with Crippen molar-refractivity contribution in [2.75, 3.05) is 5.32 Å². The first-order chi connectivity index (χ1) is 13.2. The number of hydrogen-bond donors (Lipinski definition) is 2. The van der Waals surface area contributed by atoms with Crippen molar-refractivity contribution in [1.82, 2.24) is 4.98 Å². The van der Waals surface area contributed by atoms with Crippen LogP contribution in [-0.4, -0.2) is 16.0 Å². The number of anilines is 1. The fourth-order valence-electron chi connectivity index (χ4n) is 2.75. The van der Waals surface area contributed by atoms with Gasteiger partial charge in [0.25, 0.3) is 0 Å². The number of hydrogen-bond acceptors (Lipinski definition) is 4. The first-order valence-electron chi connectivity index (χ1n) is 9.07. The molecular weight excluding hydrogens is 376 g/mol. The zero-order valence-corrected chi connectivity index (χ0v) is 16.9. The molecule has 6 heteroatoms. The fraction of sp³-hybridized carbons (Fsp3) is 0.273. The van der Waals surface area contributed by atoms with Gasteiger partial charge in [-0.25, -0.2) is 4.98 Å². The summed E-state index contributed by atoms with van der Waals surface area (Å²) in [5.41, 5.74) is 2.11. The number of carbonyl (C=O) groups is 1. The van der Waals surface area contributed by atoms with Gasteiger partial charge in [0.2, 0.25) is 5.91 Å². The third-order valence-electron chi connectivity index (χ3n) is 4.40. The molecule has 3 aromatic rings. The predicted octanol–water partition coefficient (Wildman–Crippen LogP) is 5.57. The molecule has 146 valence electrons. The first kappa shape index (κ1) is 20.0. The van der Waals surface area contributed by atoms with Crippen molar-refractivity contribution in [3.63, 3.8) is 0 Å². The number of benzene rings is 2. The zero-order valence-electron chi connectivity index (χ0n) is 16.1. The van der Waals surface area contributed by atoms with Crippen LogP contribution in [0, 0.1) is 0 Å². The van der Waals surface area contributed by atoms with Crippen LogP contribution in [0.1, 0.15) is 38.6 Å². The van der Waals surface area contributed by atoms with E-state index < -0.39 is 0 Å². The first-order valence-corrected chi connectivity index (χ1v) is 9.45. The number of nitrogens with zero attached hydrogens (tertiary/aromatic N) is 1. The zero-order chi connectivity index (χ0) is 20.3. The fourth-order valence-corrected chi connectivity index (χ4v) is 2.98. The molecule has 0 aliphatic heterocycles. The summed E-state index contributed by atoms with van der Waals surface area (Å²) in [5, 5.41) is 13.4. The Morgan fingerprint density at radius 2 is 1.96 bits per heavy atom. The Balaban J connectivity index is 1.63. The number of aryl methyl sites for hydroxylation is 1. The van der Waals surface area contributed by atoms with Crippen LogP contribution in [0.15, 0.2) is 53.1 Å². The molecule has 1 aromatic heterocycles. The second kappa shape index (κ2) is 8.07. The third-order valence-corrected chi connectivity index (χ3v) is 4.73.